The smallest absolute Gasteiger partial charge is 0.323 e. The van der Waals surface area contributed by atoms with Crippen molar-refractivity contribution in [2.75, 3.05) is 66.8 Å². The van der Waals surface area contributed by atoms with Crippen molar-refractivity contribution in [2.45, 2.75) is 105 Å². The molecule has 0 spiro atoms. The summed E-state index contributed by atoms with van der Waals surface area (Å²) in [5.74, 6) is -1.74. The normalized spacial score (nSPS) is 14.0. The van der Waals surface area contributed by atoms with Gasteiger partial charge in [-0.2, -0.15) is 0 Å². The van der Waals surface area contributed by atoms with Gasteiger partial charge in [-0.15, -0.1) is 0 Å². The predicted octanol–water partition coefficient (Wildman–Crippen LogP) is 4.95. The molecule has 41 heavy (non-hydrogen) atoms. The van der Waals surface area contributed by atoms with Gasteiger partial charge in [0.2, 0.25) is 0 Å². The molecule has 0 aromatic rings. The molecule has 3 atom stereocenters. The molecule has 3 unspecified atom stereocenters. The summed E-state index contributed by atoms with van der Waals surface area (Å²) in [5, 5.41) is -2.06. The molecule has 0 bridgehead atoms. The van der Waals surface area contributed by atoms with Crippen molar-refractivity contribution in [1.29, 1.82) is 0 Å². The number of rotatable bonds is 24. The highest BCUT2D eigenvalue weighted by molar-refractivity contribution is 7.87. The van der Waals surface area contributed by atoms with Gasteiger partial charge in [-0.1, -0.05) is 66.2 Å². The number of carbonyl (C=O) groups excluding carboxylic acids is 2. The van der Waals surface area contributed by atoms with Gasteiger partial charge in [-0.25, -0.2) is 8.42 Å². The number of ether oxygens (including phenoxy) is 4. The van der Waals surface area contributed by atoms with Crippen LogP contribution in [0.1, 0.15) is 99.3 Å². The molecule has 0 aliphatic heterocycles. The summed E-state index contributed by atoms with van der Waals surface area (Å²) in [6.45, 7) is 17.7. The number of hydrogen-bond acceptors (Lipinski definition) is 9. The van der Waals surface area contributed by atoms with Crippen LogP contribution in [-0.4, -0.2) is 101 Å². The number of nitrogens with zero attached hydrogens (tertiary/aromatic N) is 1. The fraction of sp³-hybridized carbons (Fsp3) is 0.933. The van der Waals surface area contributed by atoms with Gasteiger partial charge < -0.3 is 28.0 Å². The quantitative estimate of drug-likeness (QED) is 0.0645. The zero-order valence-electron chi connectivity index (χ0n) is 27.3. The molecule has 11 heteroatoms. The Morgan fingerprint density at radius 3 is 1.73 bits per heavy atom. The third-order valence-electron chi connectivity index (χ3n) is 7.26. The second-order valence-electron chi connectivity index (χ2n) is 11.1. The molecule has 0 saturated heterocycles. The van der Waals surface area contributed by atoms with Crippen molar-refractivity contribution in [3.05, 3.63) is 0 Å². The topological polar surface area (TPSA) is 128 Å². The van der Waals surface area contributed by atoms with Crippen LogP contribution in [0.4, 0.5) is 0 Å². The summed E-state index contributed by atoms with van der Waals surface area (Å²) < 4.78 is 56.2. The second-order valence-corrected chi connectivity index (χ2v) is 12.7. The number of carbonyl (C=O) groups is 2. The lowest BCUT2D eigenvalue weighted by atomic mass is 10.0. The van der Waals surface area contributed by atoms with Crippen LogP contribution in [-0.2, 0) is 38.7 Å². The Morgan fingerprint density at radius 2 is 1.29 bits per heavy atom. The fourth-order valence-electron chi connectivity index (χ4n) is 3.65. The highest BCUT2D eigenvalue weighted by Crippen LogP contribution is 2.17. The van der Waals surface area contributed by atoms with Crippen LogP contribution < -0.4 is 0 Å². The zero-order chi connectivity index (χ0) is 31.7. The summed E-state index contributed by atoms with van der Waals surface area (Å²) in [6, 6.07) is 0. The van der Waals surface area contributed by atoms with Crippen molar-refractivity contribution in [1.82, 2.24) is 0 Å². The van der Waals surface area contributed by atoms with Gasteiger partial charge in [0, 0.05) is 6.61 Å². The summed E-state index contributed by atoms with van der Waals surface area (Å²) in [5.41, 5.74) is 0. The van der Waals surface area contributed by atoms with Crippen LogP contribution in [0, 0.1) is 11.8 Å². The van der Waals surface area contributed by atoms with E-state index >= 15 is 0 Å². The van der Waals surface area contributed by atoms with Crippen LogP contribution >= 0.6 is 0 Å². The van der Waals surface area contributed by atoms with E-state index in [-0.39, 0.29) is 25.0 Å². The van der Waals surface area contributed by atoms with Crippen LogP contribution in [0.3, 0.4) is 0 Å². The summed E-state index contributed by atoms with van der Waals surface area (Å²) in [7, 11) is -0.586. The van der Waals surface area contributed by atoms with Crippen molar-refractivity contribution < 1.29 is 46.0 Å². The van der Waals surface area contributed by atoms with E-state index < -0.39 is 33.7 Å². The Labute approximate surface area is 251 Å². The molecule has 0 aliphatic carbocycles. The Kier molecular flexibility index (Phi) is 25.8. The lowest BCUT2D eigenvalue weighted by molar-refractivity contribution is -0.888. The van der Waals surface area contributed by atoms with E-state index in [0.717, 1.165) is 95.4 Å². The van der Waals surface area contributed by atoms with Crippen LogP contribution in [0.5, 0.6) is 0 Å². The molecule has 0 N–H and O–H groups in total. The molecule has 10 nitrogen and oxygen atoms in total. The molecular formula is C30H61NO9S. The Hall–Kier alpha value is -1.27. The molecule has 0 aromatic heterocycles. The van der Waals surface area contributed by atoms with Gasteiger partial charge >= 0.3 is 11.9 Å². The fourth-order valence-corrected chi connectivity index (χ4v) is 4.29. The first-order valence-corrected chi connectivity index (χ1v) is 17.0. The zero-order valence-corrected chi connectivity index (χ0v) is 28.1. The Balaban J connectivity index is 0. The standard InChI is InChI=1S/C20H38O7S.C10H24NO2/c1-5-9-11-16(7-3)14-26-19(21)13-18(28(23,24)25)20(22)27-15-17(8-4)12-10-6-2;1-5-11(3,4)7-8-13-10-9-12-6-2/h16-18H,5-15H2,1-4H3,(H,23,24,25);5-10H2,1-4H3/q;+1/p-1. The minimum Gasteiger partial charge on any atom is -0.747 e. The van der Waals surface area contributed by atoms with E-state index in [1.54, 1.807) is 0 Å². The average molecular weight is 612 g/mol. The average Bonchev–Trinajstić information content (AvgIpc) is 2.93. The summed E-state index contributed by atoms with van der Waals surface area (Å²) >= 11 is 0. The maximum atomic E-state index is 12.1. The van der Waals surface area contributed by atoms with Crippen LogP contribution in [0.15, 0.2) is 0 Å². The summed E-state index contributed by atoms with van der Waals surface area (Å²) in [4.78, 5) is 24.1. The van der Waals surface area contributed by atoms with E-state index in [1.165, 1.54) is 0 Å². The van der Waals surface area contributed by atoms with Crippen LogP contribution in [0.25, 0.3) is 0 Å². The minimum atomic E-state index is -5.01. The molecule has 0 aliphatic rings. The van der Waals surface area contributed by atoms with Crippen molar-refractivity contribution in [2.24, 2.45) is 11.8 Å². The number of quaternary nitrogens is 1. The van der Waals surface area contributed by atoms with E-state index in [2.05, 4.69) is 34.9 Å². The van der Waals surface area contributed by atoms with Crippen molar-refractivity contribution in [3.8, 4) is 0 Å². The molecule has 0 rings (SSSR count). The monoisotopic (exact) mass is 611 g/mol. The number of unbranched alkanes of at least 4 members (excludes halogenated alkanes) is 2. The highest BCUT2D eigenvalue weighted by atomic mass is 32.2. The van der Waals surface area contributed by atoms with Gasteiger partial charge in [0.15, 0.2) is 5.25 Å². The molecule has 0 fully saturated rings. The first-order chi connectivity index (χ1) is 19.3. The van der Waals surface area contributed by atoms with Gasteiger partial charge in [0.25, 0.3) is 0 Å². The first kappa shape index (κ1) is 41.9. The van der Waals surface area contributed by atoms with E-state index in [0.29, 0.717) is 0 Å². The molecule has 0 radical (unpaired) electrons. The first-order valence-electron chi connectivity index (χ1n) is 15.6. The lowest BCUT2D eigenvalue weighted by Gasteiger charge is -2.27. The molecule has 0 aromatic carbocycles. The van der Waals surface area contributed by atoms with E-state index in [9.17, 15) is 22.6 Å². The number of likely N-dealkylation sites (N-methyl/N-ethyl adjacent to an activating group) is 1. The summed E-state index contributed by atoms with van der Waals surface area (Å²) in [6.07, 6.45) is 6.58. The molecule has 0 amide bonds. The van der Waals surface area contributed by atoms with Crippen molar-refractivity contribution >= 4 is 22.1 Å². The van der Waals surface area contributed by atoms with Gasteiger partial charge in [-0.3, -0.25) is 9.59 Å². The van der Waals surface area contributed by atoms with E-state index in [4.69, 9.17) is 18.9 Å². The van der Waals surface area contributed by atoms with Gasteiger partial charge in [0.05, 0.1) is 60.1 Å². The van der Waals surface area contributed by atoms with E-state index in [1.807, 2.05) is 20.8 Å². The number of hydrogen-bond donors (Lipinski definition) is 0. The third kappa shape index (κ3) is 23.9. The Bertz CT molecular complexity index is 759. The minimum absolute atomic E-state index is 0.0470. The predicted molar refractivity (Wildman–Crippen MR) is 161 cm³/mol. The largest absolute Gasteiger partial charge is 0.747 e. The van der Waals surface area contributed by atoms with Crippen molar-refractivity contribution in [3.63, 3.8) is 0 Å². The Morgan fingerprint density at radius 1 is 0.780 bits per heavy atom. The third-order valence-corrected chi connectivity index (χ3v) is 8.32. The number of esters is 2. The second kappa shape index (κ2) is 25.2. The van der Waals surface area contributed by atoms with Gasteiger partial charge in [0.1, 0.15) is 16.7 Å². The molecule has 0 heterocycles. The van der Waals surface area contributed by atoms with Crippen LogP contribution in [0.2, 0.25) is 0 Å². The lowest BCUT2D eigenvalue weighted by Crippen LogP contribution is -2.42. The highest BCUT2D eigenvalue weighted by Gasteiger charge is 2.31. The van der Waals surface area contributed by atoms with Gasteiger partial charge in [-0.05, 0) is 38.5 Å². The molecule has 246 valence electrons. The molecular weight excluding hydrogens is 550 g/mol. The maximum absolute atomic E-state index is 12.1. The molecule has 0 saturated carbocycles. The maximum Gasteiger partial charge on any atom is 0.323 e. The SMILES string of the molecule is CCCCC(CC)COC(=O)CC(C(=O)OCC(CC)CCCC)S(=O)(=O)[O-].CCOCCOCC[N+](C)(C)CC.